The normalized spacial score (nSPS) is 16.8. The van der Waals surface area contributed by atoms with Crippen LogP contribution < -0.4 is 10.6 Å². The molecule has 3 amide bonds. The quantitative estimate of drug-likeness (QED) is 0.525. The predicted octanol–water partition coefficient (Wildman–Crippen LogP) is 2.38. The maximum Gasteiger partial charge on any atom is 0.261 e. The molecule has 1 aromatic rings. The number of unbranched alkanes of at least 4 members (excludes halogenated alkanes) is 1. The number of carbonyl (C=O) groups excluding carboxylic acids is 3. The van der Waals surface area contributed by atoms with Crippen molar-refractivity contribution in [1.82, 2.24) is 15.5 Å². The number of hydrogen-bond donors (Lipinski definition) is 2. The Hall–Kier alpha value is -1.92. The van der Waals surface area contributed by atoms with E-state index in [0.717, 1.165) is 38.8 Å². The van der Waals surface area contributed by atoms with Gasteiger partial charge in [0, 0.05) is 19.5 Å². The van der Waals surface area contributed by atoms with E-state index in [4.69, 9.17) is 0 Å². The van der Waals surface area contributed by atoms with Gasteiger partial charge in [0.25, 0.3) is 11.8 Å². The summed E-state index contributed by atoms with van der Waals surface area (Å²) in [5.41, 5.74) is 0.979. The molecule has 148 valence electrons. The van der Waals surface area contributed by atoms with Crippen LogP contribution in [0, 0.1) is 5.92 Å². The standard InChI is InChI=1S/C20H27N3O3.ClH/c24-18(8-7-15-9-12-21-13-10-15)22-11-3-4-14-23-19(25)16-5-1-2-6-17(16)20(23)26;/h1-2,5-6,15,21H,3-4,7-14H2,(H,22,24);1H. The number of benzene rings is 1. The second-order valence-corrected chi connectivity index (χ2v) is 7.10. The van der Waals surface area contributed by atoms with E-state index in [9.17, 15) is 14.4 Å². The van der Waals surface area contributed by atoms with Crippen molar-refractivity contribution in [3.63, 3.8) is 0 Å². The number of fused-ring (bicyclic) bond motifs is 1. The zero-order chi connectivity index (χ0) is 18.4. The van der Waals surface area contributed by atoms with Gasteiger partial charge in [-0.05, 0) is 63.2 Å². The number of halogens is 1. The lowest BCUT2D eigenvalue weighted by Gasteiger charge is -2.22. The monoisotopic (exact) mass is 393 g/mol. The molecule has 6 nitrogen and oxygen atoms in total. The van der Waals surface area contributed by atoms with E-state index >= 15 is 0 Å². The zero-order valence-corrected chi connectivity index (χ0v) is 16.4. The summed E-state index contributed by atoms with van der Waals surface area (Å²) in [5, 5.41) is 6.28. The molecule has 2 aliphatic rings. The van der Waals surface area contributed by atoms with E-state index in [2.05, 4.69) is 10.6 Å². The fourth-order valence-electron chi connectivity index (χ4n) is 3.66. The van der Waals surface area contributed by atoms with Crippen LogP contribution in [0.15, 0.2) is 24.3 Å². The predicted molar refractivity (Wildman–Crippen MR) is 106 cm³/mol. The Morgan fingerprint density at radius 2 is 1.70 bits per heavy atom. The molecule has 0 saturated carbocycles. The summed E-state index contributed by atoms with van der Waals surface area (Å²) in [5.74, 6) is 0.341. The average molecular weight is 394 g/mol. The highest BCUT2D eigenvalue weighted by Crippen LogP contribution is 2.22. The average Bonchev–Trinajstić information content (AvgIpc) is 2.92. The molecule has 2 aliphatic heterocycles. The summed E-state index contributed by atoms with van der Waals surface area (Å²) in [7, 11) is 0. The first-order chi connectivity index (χ1) is 12.7. The second-order valence-electron chi connectivity index (χ2n) is 7.10. The molecule has 0 atom stereocenters. The third-order valence-corrected chi connectivity index (χ3v) is 5.25. The van der Waals surface area contributed by atoms with Crippen LogP contribution in [0.25, 0.3) is 0 Å². The maximum atomic E-state index is 12.2. The Kier molecular flexibility index (Phi) is 8.25. The van der Waals surface area contributed by atoms with Gasteiger partial charge in [-0.15, -0.1) is 12.4 Å². The molecule has 2 heterocycles. The van der Waals surface area contributed by atoms with Gasteiger partial charge in [-0.25, -0.2) is 0 Å². The highest BCUT2D eigenvalue weighted by Gasteiger charge is 2.34. The zero-order valence-electron chi connectivity index (χ0n) is 15.5. The molecule has 27 heavy (non-hydrogen) atoms. The number of nitrogens with one attached hydrogen (secondary N) is 2. The van der Waals surface area contributed by atoms with Crippen molar-refractivity contribution < 1.29 is 14.4 Å². The van der Waals surface area contributed by atoms with Gasteiger partial charge in [0.1, 0.15) is 0 Å². The highest BCUT2D eigenvalue weighted by atomic mass is 35.5. The van der Waals surface area contributed by atoms with Gasteiger partial charge in [0.05, 0.1) is 11.1 Å². The molecule has 0 unspecified atom stereocenters. The summed E-state index contributed by atoms with van der Waals surface area (Å²) in [6.07, 6.45) is 5.32. The van der Waals surface area contributed by atoms with Crippen molar-refractivity contribution in [1.29, 1.82) is 0 Å². The van der Waals surface area contributed by atoms with Crippen LogP contribution in [0.1, 0.15) is 59.2 Å². The fraction of sp³-hybridized carbons (Fsp3) is 0.550. The van der Waals surface area contributed by atoms with Gasteiger partial charge < -0.3 is 10.6 Å². The minimum Gasteiger partial charge on any atom is -0.356 e. The van der Waals surface area contributed by atoms with Crippen molar-refractivity contribution in [2.45, 2.75) is 38.5 Å². The number of piperidine rings is 1. The Balaban J connectivity index is 0.00000261. The minimum atomic E-state index is -0.211. The van der Waals surface area contributed by atoms with E-state index in [1.54, 1.807) is 24.3 Å². The van der Waals surface area contributed by atoms with Crippen molar-refractivity contribution in [3.05, 3.63) is 35.4 Å². The SMILES string of the molecule is Cl.O=C(CCC1CCNCC1)NCCCCN1C(=O)c2ccccc2C1=O. The number of amides is 3. The van der Waals surface area contributed by atoms with Gasteiger partial charge in [0.15, 0.2) is 0 Å². The molecule has 3 rings (SSSR count). The van der Waals surface area contributed by atoms with E-state index < -0.39 is 0 Å². The molecule has 2 N–H and O–H groups in total. The maximum absolute atomic E-state index is 12.2. The van der Waals surface area contributed by atoms with Gasteiger partial charge >= 0.3 is 0 Å². The number of imide groups is 1. The van der Waals surface area contributed by atoms with Crippen molar-refractivity contribution in [3.8, 4) is 0 Å². The molecule has 1 aromatic carbocycles. The molecule has 0 aliphatic carbocycles. The van der Waals surface area contributed by atoms with E-state index in [-0.39, 0.29) is 30.1 Å². The van der Waals surface area contributed by atoms with Gasteiger partial charge in [-0.1, -0.05) is 12.1 Å². The van der Waals surface area contributed by atoms with Crippen LogP contribution in [0.2, 0.25) is 0 Å². The number of nitrogens with zero attached hydrogens (tertiary/aromatic N) is 1. The lowest BCUT2D eigenvalue weighted by molar-refractivity contribution is -0.121. The van der Waals surface area contributed by atoms with Gasteiger partial charge in [-0.3, -0.25) is 19.3 Å². The molecular formula is C20H28ClN3O3. The smallest absolute Gasteiger partial charge is 0.261 e. The Bertz CT molecular complexity index is 639. The van der Waals surface area contributed by atoms with Crippen LogP contribution in [-0.4, -0.2) is 48.8 Å². The molecule has 0 radical (unpaired) electrons. The van der Waals surface area contributed by atoms with Crippen LogP contribution in [0.3, 0.4) is 0 Å². The number of carbonyl (C=O) groups is 3. The van der Waals surface area contributed by atoms with Crippen LogP contribution in [0.5, 0.6) is 0 Å². The van der Waals surface area contributed by atoms with E-state index in [1.807, 2.05) is 0 Å². The Labute approximate surface area is 166 Å². The summed E-state index contributed by atoms with van der Waals surface area (Å²) in [6.45, 7) is 3.11. The third kappa shape index (κ3) is 5.53. The number of rotatable bonds is 8. The largest absolute Gasteiger partial charge is 0.356 e. The van der Waals surface area contributed by atoms with Crippen molar-refractivity contribution in [2.75, 3.05) is 26.2 Å². The minimum absolute atomic E-state index is 0. The molecule has 7 heteroatoms. The van der Waals surface area contributed by atoms with E-state index in [1.165, 1.54) is 4.90 Å². The molecule has 0 bridgehead atoms. The first-order valence-electron chi connectivity index (χ1n) is 9.59. The van der Waals surface area contributed by atoms with Crippen LogP contribution in [-0.2, 0) is 4.79 Å². The third-order valence-electron chi connectivity index (χ3n) is 5.25. The van der Waals surface area contributed by atoms with Crippen LogP contribution >= 0.6 is 12.4 Å². The second kappa shape index (κ2) is 10.4. The van der Waals surface area contributed by atoms with Gasteiger partial charge in [-0.2, -0.15) is 0 Å². The topological polar surface area (TPSA) is 78.5 Å². The molecular weight excluding hydrogens is 366 g/mol. The lowest BCUT2D eigenvalue weighted by atomic mass is 9.93. The number of hydrogen-bond acceptors (Lipinski definition) is 4. The summed E-state index contributed by atoms with van der Waals surface area (Å²) in [4.78, 5) is 37.7. The Morgan fingerprint density at radius 3 is 2.33 bits per heavy atom. The van der Waals surface area contributed by atoms with E-state index in [0.29, 0.717) is 43.0 Å². The molecule has 1 saturated heterocycles. The van der Waals surface area contributed by atoms with Crippen LogP contribution in [0.4, 0.5) is 0 Å². The highest BCUT2D eigenvalue weighted by molar-refractivity contribution is 6.21. The van der Waals surface area contributed by atoms with Gasteiger partial charge in [0.2, 0.25) is 5.91 Å². The summed E-state index contributed by atoms with van der Waals surface area (Å²) in [6, 6.07) is 6.93. The summed E-state index contributed by atoms with van der Waals surface area (Å²) < 4.78 is 0. The summed E-state index contributed by atoms with van der Waals surface area (Å²) >= 11 is 0. The molecule has 0 spiro atoms. The lowest BCUT2D eigenvalue weighted by Crippen LogP contribution is -2.32. The molecule has 1 fully saturated rings. The Morgan fingerprint density at radius 1 is 1.07 bits per heavy atom. The van der Waals surface area contributed by atoms with Crippen molar-refractivity contribution in [2.24, 2.45) is 5.92 Å². The molecule has 0 aromatic heterocycles. The first kappa shape index (κ1) is 21.4. The van der Waals surface area contributed by atoms with Crippen molar-refractivity contribution >= 4 is 30.1 Å². The fourth-order valence-corrected chi connectivity index (χ4v) is 3.66. The first-order valence-corrected chi connectivity index (χ1v) is 9.59.